The van der Waals surface area contributed by atoms with E-state index in [0.29, 0.717) is 51.9 Å². The second-order valence-corrected chi connectivity index (χ2v) is 25.2. The van der Waals surface area contributed by atoms with Gasteiger partial charge in [-0.3, -0.25) is 19.2 Å². The predicted octanol–water partition coefficient (Wildman–Crippen LogP) is 3.06. The van der Waals surface area contributed by atoms with E-state index in [1.807, 2.05) is 49.0 Å². The van der Waals surface area contributed by atoms with Gasteiger partial charge in [0.15, 0.2) is 0 Å². The van der Waals surface area contributed by atoms with E-state index in [9.17, 15) is 19.2 Å². The van der Waals surface area contributed by atoms with Crippen LogP contribution in [0.4, 0.5) is 0 Å². The van der Waals surface area contributed by atoms with Crippen LogP contribution in [0.25, 0.3) is 0 Å². The summed E-state index contributed by atoms with van der Waals surface area (Å²) in [5.74, 6) is 0.217. The van der Waals surface area contributed by atoms with Gasteiger partial charge in [-0.25, -0.2) is 0 Å². The van der Waals surface area contributed by atoms with Crippen molar-refractivity contribution in [2.24, 2.45) is 0 Å². The smallest absolute Gasteiger partial charge is 0.346 e. The van der Waals surface area contributed by atoms with Crippen molar-refractivity contribution in [2.45, 2.75) is 77.6 Å². The molecule has 0 spiro atoms. The molecule has 0 unspecified atom stereocenters. The maximum absolute atomic E-state index is 12.4. The van der Waals surface area contributed by atoms with Crippen LogP contribution in [0.15, 0.2) is 47.6 Å². The van der Waals surface area contributed by atoms with E-state index in [4.69, 9.17) is 16.5 Å². The highest BCUT2D eigenvalue weighted by atomic mass is 28.5. The van der Waals surface area contributed by atoms with Crippen LogP contribution in [0.1, 0.15) is 51.4 Å². The monoisotopic (exact) mass is 676 g/mol. The lowest BCUT2D eigenvalue weighted by Crippen LogP contribution is -2.66. The van der Waals surface area contributed by atoms with Gasteiger partial charge in [0.1, 0.15) is 0 Å². The minimum Gasteiger partial charge on any atom is -0.409 e. The van der Waals surface area contributed by atoms with E-state index in [1.54, 1.807) is 44.4 Å². The third-order valence-electron chi connectivity index (χ3n) is 8.29. The Morgan fingerprint density at radius 3 is 0.795 bits per heavy atom. The molecule has 0 aromatic carbocycles. The van der Waals surface area contributed by atoms with Crippen LogP contribution >= 0.6 is 0 Å². The Morgan fingerprint density at radius 1 is 0.432 bits per heavy atom. The highest BCUT2D eigenvalue weighted by Crippen LogP contribution is 2.34. The summed E-state index contributed by atoms with van der Waals surface area (Å²) >= 11 is 0. The molecule has 240 valence electrons. The molecule has 5 rings (SSSR count). The Bertz CT molecular complexity index is 1090. The molecule has 0 bridgehead atoms. The van der Waals surface area contributed by atoms with Crippen molar-refractivity contribution >= 4 is 57.9 Å². The maximum atomic E-state index is 12.4. The van der Waals surface area contributed by atoms with Crippen molar-refractivity contribution < 1.29 is 35.6 Å². The number of likely N-dealkylation sites (tertiary alicyclic amines) is 4. The van der Waals surface area contributed by atoms with Crippen molar-refractivity contribution in [3.8, 4) is 0 Å². The zero-order valence-corrected chi connectivity index (χ0v) is 30.2. The van der Waals surface area contributed by atoms with Crippen molar-refractivity contribution in [1.29, 1.82) is 0 Å². The molecule has 4 amide bonds. The zero-order chi connectivity index (χ0) is 31.6. The lowest BCUT2D eigenvalue weighted by molar-refractivity contribution is -0.126. The van der Waals surface area contributed by atoms with Crippen LogP contribution in [0.3, 0.4) is 0 Å². The topological polar surface area (TPSA) is 118 Å². The number of nitrogens with zero attached hydrogens (tertiary/aromatic N) is 4. The molecule has 0 aromatic heterocycles. The Labute approximate surface area is 263 Å². The molecule has 5 heterocycles. The molecule has 0 atom stereocenters. The quantitative estimate of drug-likeness (QED) is 0.360. The molecule has 44 heavy (non-hydrogen) atoms. The van der Waals surface area contributed by atoms with E-state index in [-0.39, 0.29) is 23.6 Å². The first-order valence-corrected chi connectivity index (χ1v) is 25.1. The van der Waals surface area contributed by atoms with Crippen molar-refractivity contribution in [3.05, 3.63) is 47.6 Å². The number of amides is 4. The molecular weight excluding hydrogens is 633 g/mol. The molecule has 0 saturated carbocycles. The maximum Gasteiger partial charge on any atom is 0.346 e. The molecule has 0 aromatic rings. The van der Waals surface area contributed by atoms with Gasteiger partial charge in [-0.15, -0.1) is 0 Å². The predicted molar refractivity (Wildman–Crippen MR) is 171 cm³/mol. The second-order valence-electron chi connectivity index (χ2n) is 12.5. The fourth-order valence-corrected chi connectivity index (χ4v) is 25.2. The Hall–Kier alpha value is -2.45. The van der Waals surface area contributed by atoms with Gasteiger partial charge in [-0.2, -0.15) is 0 Å². The number of rotatable bonds is 8. The average Bonchev–Trinajstić information content (AvgIpc) is 3.73. The number of carbonyl (C=O) groups excluding carboxylic acids is 4. The Kier molecular flexibility index (Phi) is 9.81. The van der Waals surface area contributed by atoms with Crippen molar-refractivity contribution in [1.82, 2.24) is 19.6 Å². The van der Waals surface area contributed by atoms with Gasteiger partial charge in [-0.05, 0) is 74.7 Å². The van der Waals surface area contributed by atoms with Crippen LogP contribution in [0.5, 0.6) is 0 Å². The number of hydrogen-bond acceptors (Lipinski definition) is 8. The number of hydrogen-bond donors (Lipinski definition) is 0. The Morgan fingerprint density at radius 2 is 0.636 bits per heavy atom. The second kappa shape index (κ2) is 13.1. The molecule has 12 nitrogen and oxygen atoms in total. The summed E-state index contributed by atoms with van der Waals surface area (Å²) < 4.78 is 27.9. The minimum atomic E-state index is -3.27. The summed E-state index contributed by atoms with van der Waals surface area (Å²) in [4.78, 5) is 56.5. The summed E-state index contributed by atoms with van der Waals surface area (Å²) in [5, 5.41) is 0. The first-order chi connectivity index (χ1) is 20.8. The van der Waals surface area contributed by atoms with E-state index in [1.165, 1.54) is 0 Å². The standard InChI is InChI=1S/C28H44N4O8Si4/c1-41(21-17-29-13-5-9-25(29)33)37-42(2,22-18-30-14-6-10-26(30)34)39-44(4,24-20-32-16-8-12-28(32)36)40-43(3,38-41)23-19-31-15-7-11-27(31)35/h17-24H,5-16H2,1-4H3/b21-17+,22-18+,23-19+,24-20+. The van der Waals surface area contributed by atoms with Crippen molar-refractivity contribution in [2.75, 3.05) is 26.2 Å². The third-order valence-corrected chi connectivity index (χ3v) is 24.3. The molecular formula is C28H44N4O8Si4. The molecule has 16 heteroatoms. The van der Waals surface area contributed by atoms with Gasteiger partial charge in [0.05, 0.1) is 0 Å². The minimum absolute atomic E-state index is 0.0543. The highest BCUT2D eigenvalue weighted by Gasteiger charge is 2.55. The third kappa shape index (κ3) is 8.03. The molecule has 5 aliphatic heterocycles. The molecule has 0 N–H and O–H groups in total. The molecule has 0 aliphatic carbocycles. The summed E-state index contributed by atoms with van der Waals surface area (Å²) in [7, 11) is -13.1. The average molecular weight is 677 g/mol. The van der Waals surface area contributed by atoms with Gasteiger partial charge in [0.25, 0.3) is 0 Å². The number of carbonyl (C=O) groups is 4. The van der Waals surface area contributed by atoms with Gasteiger partial charge < -0.3 is 36.1 Å². The molecule has 5 saturated heterocycles. The summed E-state index contributed by atoms with van der Waals surface area (Å²) in [6, 6.07) is 0. The lowest BCUT2D eigenvalue weighted by atomic mass is 10.4. The largest absolute Gasteiger partial charge is 0.409 e. The van der Waals surface area contributed by atoms with E-state index in [0.717, 1.165) is 25.7 Å². The fraction of sp³-hybridized carbons (Fsp3) is 0.571. The first kappa shape index (κ1) is 32.9. The first-order valence-electron chi connectivity index (χ1n) is 15.5. The lowest BCUT2D eigenvalue weighted by Gasteiger charge is -2.47. The van der Waals surface area contributed by atoms with Crippen molar-refractivity contribution in [3.63, 3.8) is 0 Å². The van der Waals surface area contributed by atoms with Crippen LogP contribution in [0.2, 0.25) is 26.2 Å². The van der Waals surface area contributed by atoms with Gasteiger partial charge >= 0.3 is 34.2 Å². The summed E-state index contributed by atoms with van der Waals surface area (Å²) in [6.07, 6.45) is 12.3. The van der Waals surface area contributed by atoms with E-state index in [2.05, 4.69) is 0 Å². The van der Waals surface area contributed by atoms with Gasteiger partial charge in [0, 0.05) is 76.7 Å². The van der Waals surface area contributed by atoms with Crippen LogP contribution in [0, 0.1) is 0 Å². The SMILES string of the molecule is C[Si]1(/C=C/N2CCCC2=O)O[Si](C)(/C=C/N2CCCC2=O)O[Si](C)(/C=C/N2CCCC2=O)O[Si](C)(/C=C/N2CCCC2=O)O1. The molecule has 0 radical (unpaired) electrons. The van der Waals surface area contributed by atoms with E-state index >= 15 is 0 Å². The summed E-state index contributed by atoms with van der Waals surface area (Å²) in [6.45, 7) is 10.2. The zero-order valence-electron chi connectivity index (χ0n) is 26.2. The molecule has 5 fully saturated rings. The summed E-state index contributed by atoms with van der Waals surface area (Å²) in [5.41, 5.74) is 7.47. The highest BCUT2D eigenvalue weighted by molar-refractivity contribution is 6.98. The van der Waals surface area contributed by atoms with Gasteiger partial charge in [0.2, 0.25) is 23.6 Å². The van der Waals surface area contributed by atoms with Gasteiger partial charge in [-0.1, -0.05) is 0 Å². The normalized spacial score (nSPS) is 36.1. The Balaban J connectivity index is 1.53. The van der Waals surface area contributed by atoms with Crippen LogP contribution in [-0.4, -0.2) is 104 Å². The van der Waals surface area contributed by atoms with Crippen LogP contribution in [-0.2, 0) is 35.6 Å². The van der Waals surface area contributed by atoms with E-state index < -0.39 is 34.2 Å². The van der Waals surface area contributed by atoms with Crippen LogP contribution < -0.4 is 0 Å². The fourth-order valence-electron chi connectivity index (χ4n) is 6.17. The molecule has 5 aliphatic rings.